The fourth-order valence-electron chi connectivity index (χ4n) is 1.46. The third-order valence-electron chi connectivity index (χ3n) is 2.63. The van der Waals surface area contributed by atoms with Crippen LogP contribution in [0.1, 0.15) is 38.1 Å². The lowest BCUT2D eigenvalue weighted by atomic mass is 10.1. The van der Waals surface area contributed by atoms with E-state index in [0.717, 1.165) is 0 Å². The first-order valence-corrected chi connectivity index (χ1v) is 6.75. The van der Waals surface area contributed by atoms with Crippen LogP contribution < -0.4 is 5.32 Å². The summed E-state index contributed by atoms with van der Waals surface area (Å²) in [6, 6.07) is 1.01. The number of hydrogen-bond acceptors (Lipinski definition) is 3. The van der Waals surface area contributed by atoms with Crippen molar-refractivity contribution in [2.45, 2.75) is 39.3 Å². The van der Waals surface area contributed by atoms with Crippen LogP contribution in [0.15, 0.2) is 21.4 Å². The molecule has 0 saturated carbocycles. The second-order valence-corrected chi connectivity index (χ2v) is 6.16. The molecule has 0 aliphatic rings. The molecule has 0 spiro atoms. The lowest BCUT2D eigenvalue weighted by molar-refractivity contribution is -0.126. The van der Waals surface area contributed by atoms with Crippen molar-refractivity contribution in [3.8, 4) is 0 Å². The fraction of sp³-hybridized carbons (Fsp3) is 0.538. The molecule has 1 aromatic heterocycles. The van der Waals surface area contributed by atoms with Crippen LogP contribution >= 0.6 is 15.9 Å². The number of halogens is 1. The lowest BCUT2D eigenvalue weighted by Gasteiger charge is -2.28. The van der Waals surface area contributed by atoms with Gasteiger partial charge in [-0.15, -0.1) is 0 Å². The molecule has 19 heavy (non-hydrogen) atoms. The van der Waals surface area contributed by atoms with E-state index in [1.54, 1.807) is 20.0 Å². The summed E-state index contributed by atoms with van der Waals surface area (Å²) in [5, 5.41) is 2.85. The van der Waals surface area contributed by atoms with Gasteiger partial charge in [-0.3, -0.25) is 9.59 Å². The number of furan rings is 1. The molecule has 0 aromatic carbocycles. The monoisotopic (exact) mass is 330 g/mol. The molecular formula is C13H19BrN2O3. The second kappa shape index (κ2) is 5.77. The Morgan fingerprint density at radius 2 is 2.00 bits per heavy atom. The molecule has 1 atom stereocenters. The Balaban J connectivity index is 2.77. The average Bonchev–Trinajstić information content (AvgIpc) is 2.70. The van der Waals surface area contributed by atoms with Crippen molar-refractivity contribution in [3.63, 3.8) is 0 Å². The van der Waals surface area contributed by atoms with E-state index >= 15 is 0 Å². The normalized spacial score (nSPS) is 12.9. The first-order valence-electron chi connectivity index (χ1n) is 5.95. The van der Waals surface area contributed by atoms with E-state index in [-0.39, 0.29) is 17.4 Å². The van der Waals surface area contributed by atoms with Gasteiger partial charge in [-0.25, -0.2) is 0 Å². The van der Waals surface area contributed by atoms with Crippen molar-refractivity contribution in [1.29, 1.82) is 0 Å². The van der Waals surface area contributed by atoms with Gasteiger partial charge >= 0.3 is 0 Å². The predicted octanol–water partition coefficient (Wildman–Crippen LogP) is 2.42. The Labute approximate surface area is 121 Å². The van der Waals surface area contributed by atoms with Crippen LogP contribution in [0.4, 0.5) is 0 Å². The maximum Gasteiger partial charge on any atom is 0.258 e. The van der Waals surface area contributed by atoms with Gasteiger partial charge in [0, 0.05) is 12.6 Å². The van der Waals surface area contributed by atoms with Gasteiger partial charge in [-0.2, -0.15) is 0 Å². The third-order valence-corrected chi connectivity index (χ3v) is 3.24. The molecule has 0 radical (unpaired) electrons. The highest BCUT2D eigenvalue weighted by Crippen LogP contribution is 2.19. The van der Waals surface area contributed by atoms with E-state index in [0.29, 0.717) is 10.2 Å². The molecule has 5 nitrogen and oxygen atoms in total. The van der Waals surface area contributed by atoms with Crippen molar-refractivity contribution in [3.05, 3.63) is 22.6 Å². The Bertz CT molecular complexity index is 476. The highest BCUT2D eigenvalue weighted by atomic mass is 79.9. The summed E-state index contributed by atoms with van der Waals surface area (Å²) in [4.78, 5) is 25.6. The van der Waals surface area contributed by atoms with Crippen molar-refractivity contribution >= 4 is 27.7 Å². The van der Waals surface area contributed by atoms with Crippen LogP contribution in [-0.2, 0) is 4.79 Å². The van der Waals surface area contributed by atoms with E-state index in [9.17, 15) is 9.59 Å². The number of nitrogens with one attached hydrogen (secondary N) is 1. The summed E-state index contributed by atoms with van der Waals surface area (Å²) < 4.78 is 5.39. The van der Waals surface area contributed by atoms with E-state index in [2.05, 4.69) is 21.2 Å². The highest BCUT2D eigenvalue weighted by molar-refractivity contribution is 9.10. The minimum Gasteiger partial charge on any atom is -0.457 e. The van der Waals surface area contributed by atoms with Crippen LogP contribution in [0.5, 0.6) is 0 Å². The number of likely N-dealkylation sites (N-methyl/N-ethyl adjacent to an activating group) is 1. The van der Waals surface area contributed by atoms with Crippen molar-refractivity contribution in [2.24, 2.45) is 0 Å². The lowest BCUT2D eigenvalue weighted by Crippen LogP contribution is -2.51. The summed E-state index contributed by atoms with van der Waals surface area (Å²) in [6.07, 6.45) is 1.42. The maximum atomic E-state index is 12.2. The van der Waals surface area contributed by atoms with Gasteiger partial charge in [0.05, 0.1) is 11.8 Å². The summed E-state index contributed by atoms with van der Waals surface area (Å²) in [5.74, 6) is -0.458. The zero-order valence-electron chi connectivity index (χ0n) is 11.8. The van der Waals surface area contributed by atoms with Crippen LogP contribution in [0.2, 0.25) is 0 Å². The van der Waals surface area contributed by atoms with Gasteiger partial charge in [0.25, 0.3) is 5.91 Å². The number of carbonyl (C=O) groups excluding carboxylic acids is 2. The molecule has 0 fully saturated rings. The molecule has 0 aliphatic heterocycles. The number of rotatable bonds is 3. The van der Waals surface area contributed by atoms with Crippen LogP contribution in [0.3, 0.4) is 0 Å². The number of carbonyl (C=O) groups is 2. The van der Waals surface area contributed by atoms with Crippen LogP contribution in [-0.4, -0.2) is 35.3 Å². The largest absolute Gasteiger partial charge is 0.457 e. The summed E-state index contributed by atoms with van der Waals surface area (Å²) in [5.41, 5.74) is 0.0729. The van der Waals surface area contributed by atoms with Gasteiger partial charge in [0.1, 0.15) is 6.04 Å². The molecule has 0 aliphatic carbocycles. The van der Waals surface area contributed by atoms with Gasteiger partial charge in [0.15, 0.2) is 4.67 Å². The summed E-state index contributed by atoms with van der Waals surface area (Å²) in [7, 11) is 1.59. The van der Waals surface area contributed by atoms with E-state index in [1.807, 2.05) is 20.8 Å². The van der Waals surface area contributed by atoms with Gasteiger partial charge in [-0.05, 0) is 49.7 Å². The fourth-order valence-corrected chi connectivity index (χ4v) is 1.87. The third kappa shape index (κ3) is 4.09. The van der Waals surface area contributed by atoms with Crippen LogP contribution in [0, 0.1) is 0 Å². The smallest absolute Gasteiger partial charge is 0.258 e. The van der Waals surface area contributed by atoms with Gasteiger partial charge in [0.2, 0.25) is 5.91 Å². The zero-order chi connectivity index (χ0) is 14.8. The van der Waals surface area contributed by atoms with Gasteiger partial charge in [-0.1, -0.05) is 0 Å². The van der Waals surface area contributed by atoms with E-state index in [1.165, 1.54) is 11.2 Å². The topological polar surface area (TPSA) is 62.6 Å². The maximum absolute atomic E-state index is 12.2. The van der Waals surface area contributed by atoms with Crippen LogP contribution in [0.25, 0.3) is 0 Å². The Kier molecular flexibility index (Phi) is 4.79. The molecule has 1 rings (SSSR count). The van der Waals surface area contributed by atoms with Crippen molar-refractivity contribution in [1.82, 2.24) is 10.2 Å². The molecule has 1 heterocycles. The quantitative estimate of drug-likeness (QED) is 0.925. The Morgan fingerprint density at radius 1 is 1.42 bits per heavy atom. The Hall–Kier alpha value is -1.30. The van der Waals surface area contributed by atoms with Crippen molar-refractivity contribution in [2.75, 3.05) is 7.05 Å². The Morgan fingerprint density at radius 3 is 2.42 bits per heavy atom. The average molecular weight is 331 g/mol. The standard InChI is InChI=1S/C13H19BrN2O3/c1-8(11(17)15-13(2,3)4)16(5)12(18)9-6-7-19-10(9)14/h6-8H,1-5H3,(H,15,17). The number of amides is 2. The minimum absolute atomic E-state index is 0.192. The molecular weight excluding hydrogens is 312 g/mol. The summed E-state index contributed by atoms with van der Waals surface area (Å²) >= 11 is 3.16. The molecule has 1 unspecified atom stereocenters. The minimum atomic E-state index is -0.562. The molecule has 2 amide bonds. The molecule has 1 aromatic rings. The second-order valence-electron chi connectivity index (χ2n) is 5.44. The van der Waals surface area contributed by atoms with Crippen molar-refractivity contribution < 1.29 is 14.0 Å². The first-order chi connectivity index (χ1) is 8.63. The number of hydrogen-bond donors (Lipinski definition) is 1. The van der Waals surface area contributed by atoms with Gasteiger partial charge < -0.3 is 14.6 Å². The molecule has 6 heteroatoms. The zero-order valence-corrected chi connectivity index (χ0v) is 13.4. The number of nitrogens with zero attached hydrogens (tertiary/aromatic N) is 1. The molecule has 0 saturated heterocycles. The molecule has 0 bridgehead atoms. The highest BCUT2D eigenvalue weighted by Gasteiger charge is 2.27. The SMILES string of the molecule is CC(C(=O)NC(C)(C)C)N(C)C(=O)c1ccoc1Br. The molecule has 106 valence electrons. The predicted molar refractivity (Wildman–Crippen MR) is 75.9 cm³/mol. The van der Waals surface area contributed by atoms with E-state index in [4.69, 9.17) is 4.42 Å². The first kappa shape index (κ1) is 15.8. The summed E-state index contributed by atoms with van der Waals surface area (Å²) in [6.45, 7) is 7.37. The van der Waals surface area contributed by atoms with E-state index < -0.39 is 6.04 Å². The molecule has 1 N–H and O–H groups in total.